The molecule has 0 radical (unpaired) electrons. The number of nitrogens with one attached hydrogen (secondary N) is 3. The lowest BCUT2D eigenvalue weighted by Gasteiger charge is -2.35. The molecule has 0 bridgehead atoms. The smallest absolute Gasteiger partial charge is 0.315 e. The summed E-state index contributed by atoms with van der Waals surface area (Å²) < 4.78 is 0. The maximum atomic E-state index is 12.5. The molecule has 0 aromatic heterocycles. The van der Waals surface area contributed by atoms with Gasteiger partial charge in [-0.3, -0.25) is 29.0 Å². The van der Waals surface area contributed by atoms with Crippen molar-refractivity contribution in [1.29, 1.82) is 0 Å². The number of imide groups is 1. The molecule has 6 amide bonds. The summed E-state index contributed by atoms with van der Waals surface area (Å²) in [6.07, 6.45) is 9.09. The summed E-state index contributed by atoms with van der Waals surface area (Å²) in [6, 6.07) is 0.410. The Kier molecular flexibility index (Phi) is 10.4. The van der Waals surface area contributed by atoms with Gasteiger partial charge in [-0.25, -0.2) is 4.79 Å². The number of rotatable bonds is 14. The van der Waals surface area contributed by atoms with E-state index in [1.807, 2.05) is 16.7 Å². The molecule has 4 aliphatic heterocycles. The van der Waals surface area contributed by atoms with Crippen molar-refractivity contribution in [2.24, 2.45) is 0 Å². The zero-order chi connectivity index (χ0) is 26.9. The molecule has 12 heteroatoms. The summed E-state index contributed by atoms with van der Waals surface area (Å²) in [5.74, 6) is 0.706. The van der Waals surface area contributed by atoms with Gasteiger partial charge in [-0.05, 0) is 25.7 Å². The standard InChI is InChI=1S/C26H40N6O5S/c33-21(7-4-3-6-20-25-19(18-38-20)28-26(37)29-25)27-11-5-1-2-8-22(34)31-15-12-30(13-16-31)14-17-32-23(35)9-10-24(32)36/h9-10,19-20,25H,1-8,11-18H2,(H,27,33)(H2,28,29,37)/t19-,20-,25-/m0/s1. The number of piperazine rings is 1. The van der Waals surface area contributed by atoms with E-state index in [1.54, 1.807) is 0 Å². The minimum atomic E-state index is -0.254. The van der Waals surface area contributed by atoms with E-state index >= 15 is 0 Å². The average Bonchev–Trinajstić information content (AvgIpc) is 3.56. The van der Waals surface area contributed by atoms with Crippen molar-refractivity contribution < 1.29 is 24.0 Å². The van der Waals surface area contributed by atoms with Crippen molar-refractivity contribution in [3.05, 3.63) is 12.2 Å². The molecule has 210 valence electrons. The van der Waals surface area contributed by atoms with Crippen molar-refractivity contribution in [3.63, 3.8) is 0 Å². The Morgan fingerprint density at radius 3 is 2.39 bits per heavy atom. The molecule has 11 nitrogen and oxygen atoms in total. The Morgan fingerprint density at radius 1 is 0.895 bits per heavy atom. The van der Waals surface area contributed by atoms with Crippen LogP contribution in [-0.2, 0) is 19.2 Å². The third kappa shape index (κ3) is 7.95. The molecule has 4 aliphatic rings. The highest BCUT2D eigenvalue weighted by atomic mass is 32.2. The second-order valence-corrected chi connectivity index (χ2v) is 11.7. The molecule has 0 unspecified atom stereocenters. The maximum absolute atomic E-state index is 12.5. The number of urea groups is 1. The number of carbonyl (C=O) groups excluding carboxylic acids is 5. The molecule has 0 aliphatic carbocycles. The van der Waals surface area contributed by atoms with Gasteiger partial charge in [-0.2, -0.15) is 11.8 Å². The van der Waals surface area contributed by atoms with Crippen LogP contribution in [-0.4, -0.2) is 113 Å². The minimum absolute atomic E-state index is 0.0605. The van der Waals surface area contributed by atoms with Crippen LogP contribution in [0.4, 0.5) is 4.79 Å². The van der Waals surface area contributed by atoms with Gasteiger partial charge in [0.1, 0.15) is 0 Å². The second kappa shape index (κ2) is 14.0. The molecule has 3 N–H and O–H groups in total. The molecule has 3 saturated heterocycles. The Morgan fingerprint density at radius 2 is 1.63 bits per heavy atom. The molecule has 3 atom stereocenters. The topological polar surface area (TPSA) is 131 Å². The SMILES string of the molecule is O=C(CCCC[C@@H]1SC[C@@H]2NC(=O)N[C@@H]21)NCCCCCC(=O)N1CCN(CCN2C(=O)C=CC2=O)CC1. The minimum Gasteiger partial charge on any atom is -0.356 e. The zero-order valence-corrected chi connectivity index (χ0v) is 22.8. The fraction of sp³-hybridized carbons (Fsp3) is 0.731. The molecule has 3 fully saturated rings. The van der Waals surface area contributed by atoms with E-state index in [1.165, 1.54) is 17.1 Å². The highest BCUT2D eigenvalue weighted by molar-refractivity contribution is 8.00. The average molecular weight is 549 g/mol. The first-order valence-corrected chi connectivity index (χ1v) is 14.9. The van der Waals surface area contributed by atoms with Crippen molar-refractivity contribution in [1.82, 2.24) is 30.7 Å². The first-order valence-electron chi connectivity index (χ1n) is 13.9. The first kappa shape index (κ1) is 28.4. The van der Waals surface area contributed by atoms with Crippen LogP contribution < -0.4 is 16.0 Å². The van der Waals surface area contributed by atoms with Gasteiger partial charge in [0.2, 0.25) is 11.8 Å². The van der Waals surface area contributed by atoms with Crippen molar-refractivity contribution in [2.75, 3.05) is 51.6 Å². The molecular formula is C26H40N6O5S. The van der Waals surface area contributed by atoms with Gasteiger partial charge < -0.3 is 20.9 Å². The number of carbonyl (C=O) groups is 5. The lowest BCUT2D eigenvalue weighted by Crippen LogP contribution is -2.50. The van der Waals surface area contributed by atoms with Crippen LogP contribution in [0.3, 0.4) is 0 Å². The number of amides is 6. The third-order valence-corrected chi connectivity index (χ3v) is 9.24. The largest absolute Gasteiger partial charge is 0.356 e. The van der Waals surface area contributed by atoms with Crippen LogP contribution in [0.5, 0.6) is 0 Å². The second-order valence-electron chi connectivity index (χ2n) is 10.4. The Labute approximate surface area is 228 Å². The highest BCUT2D eigenvalue weighted by Crippen LogP contribution is 2.33. The summed E-state index contributed by atoms with van der Waals surface area (Å²) in [4.78, 5) is 64.7. The maximum Gasteiger partial charge on any atom is 0.315 e. The normalized spacial score (nSPS) is 25.1. The molecule has 0 aromatic carbocycles. The van der Waals surface area contributed by atoms with Crippen LogP contribution in [0.1, 0.15) is 51.4 Å². The van der Waals surface area contributed by atoms with Gasteiger partial charge in [0.15, 0.2) is 0 Å². The van der Waals surface area contributed by atoms with E-state index < -0.39 is 0 Å². The van der Waals surface area contributed by atoms with E-state index in [0.29, 0.717) is 50.8 Å². The molecule has 0 aromatic rings. The van der Waals surface area contributed by atoms with E-state index in [9.17, 15) is 24.0 Å². The molecule has 4 rings (SSSR count). The van der Waals surface area contributed by atoms with Gasteiger partial charge >= 0.3 is 6.03 Å². The molecule has 0 spiro atoms. The molecule has 38 heavy (non-hydrogen) atoms. The molecule has 0 saturated carbocycles. The summed E-state index contributed by atoms with van der Waals surface area (Å²) in [5, 5.41) is 9.38. The summed E-state index contributed by atoms with van der Waals surface area (Å²) in [5.41, 5.74) is 0. The molecular weight excluding hydrogens is 508 g/mol. The van der Waals surface area contributed by atoms with E-state index in [2.05, 4.69) is 20.9 Å². The van der Waals surface area contributed by atoms with Crippen LogP contribution in [0.15, 0.2) is 12.2 Å². The van der Waals surface area contributed by atoms with E-state index in [-0.39, 0.29) is 41.7 Å². The number of unbranched alkanes of at least 4 members (excludes halogenated alkanes) is 3. The summed E-state index contributed by atoms with van der Waals surface area (Å²) >= 11 is 1.90. The van der Waals surface area contributed by atoms with Crippen molar-refractivity contribution >= 4 is 41.4 Å². The summed E-state index contributed by atoms with van der Waals surface area (Å²) in [7, 11) is 0. The lowest BCUT2D eigenvalue weighted by atomic mass is 10.0. The first-order chi connectivity index (χ1) is 18.4. The van der Waals surface area contributed by atoms with E-state index in [4.69, 9.17) is 0 Å². The van der Waals surface area contributed by atoms with Gasteiger partial charge in [0, 0.05) is 81.8 Å². The van der Waals surface area contributed by atoms with E-state index in [0.717, 1.165) is 57.4 Å². The van der Waals surface area contributed by atoms with Crippen molar-refractivity contribution in [3.8, 4) is 0 Å². The monoisotopic (exact) mass is 548 g/mol. The number of hydrogen-bond donors (Lipinski definition) is 3. The Balaban J connectivity index is 0.958. The third-order valence-electron chi connectivity index (χ3n) is 7.74. The fourth-order valence-corrected chi connectivity index (χ4v) is 6.98. The predicted octanol–water partition coefficient (Wildman–Crippen LogP) is 0.458. The van der Waals surface area contributed by atoms with Gasteiger partial charge in [-0.1, -0.05) is 12.8 Å². The van der Waals surface area contributed by atoms with Crippen molar-refractivity contribution in [2.45, 2.75) is 68.7 Å². The van der Waals surface area contributed by atoms with Crippen LogP contribution >= 0.6 is 11.8 Å². The Bertz CT molecular complexity index is 904. The van der Waals surface area contributed by atoms with Gasteiger partial charge in [0.25, 0.3) is 11.8 Å². The van der Waals surface area contributed by atoms with Crippen LogP contribution in [0.25, 0.3) is 0 Å². The quantitative estimate of drug-likeness (QED) is 0.163. The lowest BCUT2D eigenvalue weighted by molar-refractivity contribution is -0.137. The number of nitrogens with zero attached hydrogens (tertiary/aromatic N) is 3. The number of thioether (sulfide) groups is 1. The molecule has 4 heterocycles. The van der Waals surface area contributed by atoms with Gasteiger partial charge in [0.05, 0.1) is 12.1 Å². The predicted molar refractivity (Wildman–Crippen MR) is 144 cm³/mol. The van der Waals surface area contributed by atoms with Gasteiger partial charge in [-0.15, -0.1) is 0 Å². The summed E-state index contributed by atoms with van der Waals surface area (Å²) in [6.45, 7) is 4.48. The fourth-order valence-electron chi connectivity index (χ4n) is 5.44. The highest BCUT2D eigenvalue weighted by Gasteiger charge is 2.42. The Hall–Kier alpha value is -2.60. The number of fused-ring (bicyclic) bond motifs is 1. The number of hydrogen-bond acceptors (Lipinski definition) is 7. The zero-order valence-electron chi connectivity index (χ0n) is 22.0. The van der Waals surface area contributed by atoms with Crippen LogP contribution in [0, 0.1) is 0 Å². The van der Waals surface area contributed by atoms with Crippen LogP contribution in [0.2, 0.25) is 0 Å².